The number of amides is 1. The average Bonchev–Trinajstić information content (AvgIpc) is 2.87. The number of phenols is 3. The van der Waals surface area contributed by atoms with Crippen LogP contribution in [0.1, 0.15) is 70.2 Å². The van der Waals surface area contributed by atoms with E-state index < -0.39 is 5.60 Å². The van der Waals surface area contributed by atoms with Gasteiger partial charge in [-0.25, -0.2) is 0 Å². The van der Waals surface area contributed by atoms with E-state index in [1.54, 1.807) is 12.1 Å². The van der Waals surface area contributed by atoms with Gasteiger partial charge in [0.05, 0.1) is 22.5 Å². The minimum Gasteiger partial charge on any atom is -0.508 e. The number of fused-ring (bicyclic) bond motifs is 2. The summed E-state index contributed by atoms with van der Waals surface area (Å²) in [5.74, 6) is -0.880. The van der Waals surface area contributed by atoms with E-state index in [4.69, 9.17) is 0 Å². The highest BCUT2D eigenvalue weighted by molar-refractivity contribution is 6.15. The molecule has 1 aliphatic rings. The Bertz CT molecular complexity index is 1150. The normalized spacial score (nSPS) is 14.9. The van der Waals surface area contributed by atoms with Gasteiger partial charge in [-0.3, -0.25) is 4.79 Å². The van der Waals surface area contributed by atoms with Crippen LogP contribution in [0.25, 0.3) is 0 Å². The van der Waals surface area contributed by atoms with Crippen LogP contribution < -0.4 is 10.2 Å². The number of nitrogens with zero attached hydrogens (tertiary/aromatic N) is 1. The second kappa shape index (κ2) is 10.9. The number of aliphatic hydroxyl groups is 1. The van der Waals surface area contributed by atoms with E-state index in [0.717, 1.165) is 24.8 Å². The van der Waals surface area contributed by atoms with Crippen LogP contribution in [0.15, 0.2) is 53.6 Å². The van der Waals surface area contributed by atoms with Gasteiger partial charge in [0.2, 0.25) is 0 Å². The molecule has 35 heavy (non-hydrogen) atoms. The Morgan fingerprint density at radius 1 is 1.03 bits per heavy atom. The Balaban J connectivity index is 1.76. The third-order valence-corrected chi connectivity index (χ3v) is 6.28. The molecule has 0 bridgehead atoms. The number of nitrogens with one attached hydrogen (secondary N) is 1. The highest BCUT2D eigenvalue weighted by Gasteiger charge is 2.30. The summed E-state index contributed by atoms with van der Waals surface area (Å²) in [7, 11) is 0. The smallest absolute Gasteiger partial charge is 0.260 e. The van der Waals surface area contributed by atoms with Gasteiger partial charge < -0.3 is 30.6 Å². The zero-order valence-electron chi connectivity index (χ0n) is 20.9. The number of allylic oxidation sites excluding steroid dienone is 3. The molecule has 1 atom stereocenters. The number of aromatic hydroxyl groups is 3. The molecular weight excluding hydrogens is 444 g/mol. The highest BCUT2D eigenvalue weighted by Crippen LogP contribution is 2.45. The molecule has 188 valence electrons. The van der Waals surface area contributed by atoms with E-state index in [1.807, 2.05) is 19.9 Å². The number of hydrogen-bond donors (Lipinski definition) is 5. The number of carbonyl (C=O) groups is 1. The predicted molar refractivity (Wildman–Crippen MR) is 140 cm³/mol. The van der Waals surface area contributed by atoms with Crippen LogP contribution in [0.4, 0.5) is 17.1 Å². The number of phenolic OH excluding ortho intramolecular Hbond substituents is 3. The Labute approximate surface area is 207 Å². The SMILES string of the molecule is CC(C)=CCCC(C)(O)CCCC(C)=CCN1C(=O)c2cccc(O)c2Nc2c(O)cc(O)cc21. The summed E-state index contributed by atoms with van der Waals surface area (Å²) in [6.07, 6.45) is 7.91. The van der Waals surface area contributed by atoms with Crippen molar-refractivity contribution in [3.63, 3.8) is 0 Å². The van der Waals surface area contributed by atoms with Crippen molar-refractivity contribution in [2.75, 3.05) is 16.8 Å². The van der Waals surface area contributed by atoms with Crippen LogP contribution in [-0.2, 0) is 0 Å². The summed E-state index contributed by atoms with van der Waals surface area (Å²) < 4.78 is 0. The number of benzene rings is 2. The number of anilines is 3. The Morgan fingerprint density at radius 3 is 2.49 bits per heavy atom. The number of rotatable bonds is 9. The molecule has 0 fully saturated rings. The Morgan fingerprint density at radius 2 is 1.77 bits per heavy atom. The first-order valence-electron chi connectivity index (χ1n) is 12.0. The van der Waals surface area contributed by atoms with Crippen molar-refractivity contribution in [1.82, 2.24) is 0 Å². The topological polar surface area (TPSA) is 113 Å². The number of hydrogen-bond acceptors (Lipinski definition) is 6. The van der Waals surface area contributed by atoms with Gasteiger partial charge in [-0.05, 0) is 71.9 Å². The lowest BCUT2D eigenvalue weighted by Crippen LogP contribution is -2.30. The molecular formula is C28H36N2O5. The standard InChI is InChI=1S/C28H36N2O5/c1-18(2)8-6-13-28(4,35)14-7-9-19(3)12-15-30-22-16-20(31)17-24(33)26(22)29-25-21(27(30)34)10-5-11-23(25)32/h5,8,10-12,16-17,29,31-33,35H,6-7,9,13-15H2,1-4H3. The van der Waals surface area contributed by atoms with Crippen molar-refractivity contribution in [1.29, 1.82) is 0 Å². The molecule has 2 aromatic rings. The van der Waals surface area contributed by atoms with E-state index in [9.17, 15) is 25.2 Å². The summed E-state index contributed by atoms with van der Waals surface area (Å²) in [6, 6.07) is 7.25. The molecule has 1 amide bonds. The van der Waals surface area contributed by atoms with E-state index in [0.29, 0.717) is 18.5 Å². The molecule has 0 saturated heterocycles. The number of carbonyl (C=O) groups excluding carboxylic acids is 1. The zero-order chi connectivity index (χ0) is 25.8. The van der Waals surface area contributed by atoms with Crippen molar-refractivity contribution in [2.24, 2.45) is 0 Å². The second-order valence-corrected chi connectivity index (χ2v) is 9.82. The van der Waals surface area contributed by atoms with Gasteiger partial charge in [-0.1, -0.05) is 29.4 Å². The summed E-state index contributed by atoms with van der Waals surface area (Å²) in [6.45, 7) is 8.18. The average molecular weight is 481 g/mol. The molecule has 5 N–H and O–H groups in total. The molecule has 7 nitrogen and oxygen atoms in total. The molecule has 0 radical (unpaired) electrons. The van der Waals surface area contributed by atoms with Crippen LogP contribution >= 0.6 is 0 Å². The highest BCUT2D eigenvalue weighted by atomic mass is 16.3. The van der Waals surface area contributed by atoms with Crippen LogP contribution in [-0.4, -0.2) is 38.5 Å². The van der Waals surface area contributed by atoms with Crippen LogP contribution in [0.3, 0.4) is 0 Å². The monoisotopic (exact) mass is 480 g/mol. The predicted octanol–water partition coefficient (Wildman–Crippen LogP) is 6.12. The van der Waals surface area contributed by atoms with E-state index in [1.165, 1.54) is 28.7 Å². The van der Waals surface area contributed by atoms with E-state index >= 15 is 0 Å². The molecule has 1 heterocycles. The van der Waals surface area contributed by atoms with Crippen molar-refractivity contribution in [2.45, 2.75) is 65.4 Å². The maximum absolute atomic E-state index is 13.4. The molecule has 2 aromatic carbocycles. The summed E-state index contributed by atoms with van der Waals surface area (Å²) in [5.41, 5.74) is 2.61. The van der Waals surface area contributed by atoms with E-state index in [-0.39, 0.29) is 46.6 Å². The number of para-hydroxylation sites is 1. The third-order valence-electron chi connectivity index (χ3n) is 6.28. The minimum absolute atomic E-state index is 0.112. The van der Waals surface area contributed by atoms with Crippen LogP contribution in [0.2, 0.25) is 0 Å². The minimum atomic E-state index is -0.724. The van der Waals surface area contributed by atoms with Crippen molar-refractivity contribution < 1.29 is 25.2 Å². The maximum atomic E-state index is 13.4. The van der Waals surface area contributed by atoms with Gasteiger partial charge in [0, 0.05) is 18.7 Å². The van der Waals surface area contributed by atoms with Crippen molar-refractivity contribution in [3.8, 4) is 17.2 Å². The lowest BCUT2D eigenvalue weighted by molar-refractivity contribution is 0.0410. The molecule has 0 aliphatic carbocycles. The first kappa shape index (κ1) is 26.2. The van der Waals surface area contributed by atoms with Gasteiger partial charge >= 0.3 is 0 Å². The van der Waals surface area contributed by atoms with Crippen LogP contribution in [0, 0.1) is 0 Å². The lowest BCUT2D eigenvalue weighted by Gasteiger charge is -2.23. The molecule has 0 saturated carbocycles. The fourth-order valence-corrected chi connectivity index (χ4v) is 4.24. The van der Waals surface area contributed by atoms with Gasteiger partial charge in [0.25, 0.3) is 5.91 Å². The summed E-state index contributed by atoms with van der Waals surface area (Å²) in [5, 5.41) is 44.5. The zero-order valence-corrected chi connectivity index (χ0v) is 20.9. The quantitative estimate of drug-likeness (QED) is 0.168. The maximum Gasteiger partial charge on any atom is 0.260 e. The molecule has 7 heteroatoms. The van der Waals surface area contributed by atoms with Gasteiger partial charge in [-0.15, -0.1) is 0 Å². The molecule has 1 aliphatic heterocycles. The first-order chi connectivity index (χ1) is 16.5. The van der Waals surface area contributed by atoms with Gasteiger partial charge in [-0.2, -0.15) is 0 Å². The second-order valence-electron chi connectivity index (χ2n) is 9.82. The van der Waals surface area contributed by atoms with E-state index in [2.05, 4.69) is 25.2 Å². The summed E-state index contributed by atoms with van der Waals surface area (Å²) >= 11 is 0. The first-order valence-corrected chi connectivity index (χ1v) is 12.0. The Hall–Kier alpha value is -3.45. The van der Waals surface area contributed by atoms with Crippen molar-refractivity contribution in [3.05, 3.63) is 59.2 Å². The molecule has 3 rings (SSSR count). The molecule has 0 spiro atoms. The largest absolute Gasteiger partial charge is 0.508 e. The van der Waals surface area contributed by atoms with Crippen LogP contribution in [0.5, 0.6) is 17.2 Å². The lowest BCUT2D eigenvalue weighted by atomic mass is 9.92. The molecule has 1 unspecified atom stereocenters. The Kier molecular flexibility index (Phi) is 8.12. The van der Waals surface area contributed by atoms with Gasteiger partial charge in [0.1, 0.15) is 22.9 Å². The van der Waals surface area contributed by atoms with Crippen molar-refractivity contribution >= 4 is 23.0 Å². The molecule has 0 aromatic heterocycles. The third kappa shape index (κ3) is 6.57. The fraction of sp³-hybridized carbons (Fsp3) is 0.393. The fourth-order valence-electron chi connectivity index (χ4n) is 4.24. The summed E-state index contributed by atoms with van der Waals surface area (Å²) in [4.78, 5) is 14.9. The van der Waals surface area contributed by atoms with Gasteiger partial charge in [0.15, 0.2) is 0 Å².